The molecule has 0 saturated heterocycles. The standard InChI is InChI=1S/C13H8BrN/c14-13-8-4-7-12(15-13)10-9-11-5-2-1-3-6-11/h1-8H. The van der Waals surface area contributed by atoms with Crippen molar-refractivity contribution >= 4 is 15.9 Å². The lowest BCUT2D eigenvalue weighted by atomic mass is 10.2. The van der Waals surface area contributed by atoms with Crippen LogP contribution in [0.15, 0.2) is 53.1 Å². The van der Waals surface area contributed by atoms with E-state index in [4.69, 9.17) is 0 Å². The van der Waals surface area contributed by atoms with Crippen molar-refractivity contribution in [3.05, 3.63) is 64.4 Å². The predicted octanol–water partition coefficient (Wildman–Crippen LogP) is 3.24. The van der Waals surface area contributed by atoms with Crippen molar-refractivity contribution in [1.82, 2.24) is 4.98 Å². The first-order chi connectivity index (χ1) is 7.34. The van der Waals surface area contributed by atoms with E-state index in [-0.39, 0.29) is 0 Å². The van der Waals surface area contributed by atoms with Crippen molar-refractivity contribution in [2.45, 2.75) is 0 Å². The van der Waals surface area contributed by atoms with Crippen molar-refractivity contribution in [2.24, 2.45) is 0 Å². The summed E-state index contributed by atoms with van der Waals surface area (Å²) in [5, 5.41) is 0. The third-order valence-corrected chi connectivity index (χ3v) is 2.27. The number of halogens is 1. The lowest BCUT2D eigenvalue weighted by Crippen LogP contribution is -1.81. The molecule has 0 aliphatic rings. The van der Waals surface area contributed by atoms with Crippen LogP contribution in [0.3, 0.4) is 0 Å². The Morgan fingerprint density at radius 3 is 2.40 bits per heavy atom. The molecule has 0 aliphatic carbocycles. The first-order valence-electron chi connectivity index (χ1n) is 4.54. The molecule has 2 aromatic rings. The fourth-order valence-electron chi connectivity index (χ4n) is 1.14. The molecule has 2 heteroatoms. The molecule has 0 bridgehead atoms. The number of hydrogen-bond donors (Lipinski definition) is 0. The maximum atomic E-state index is 4.23. The van der Waals surface area contributed by atoms with Gasteiger partial charge in [-0.25, -0.2) is 4.98 Å². The average molecular weight is 258 g/mol. The zero-order chi connectivity index (χ0) is 10.5. The highest BCUT2D eigenvalue weighted by molar-refractivity contribution is 9.10. The minimum Gasteiger partial charge on any atom is -0.232 e. The molecule has 0 amide bonds. The zero-order valence-corrected chi connectivity index (χ0v) is 9.53. The molecule has 0 spiro atoms. The van der Waals surface area contributed by atoms with Gasteiger partial charge in [0.15, 0.2) is 0 Å². The summed E-state index contributed by atoms with van der Waals surface area (Å²) in [6.45, 7) is 0. The third-order valence-electron chi connectivity index (χ3n) is 1.82. The molecule has 0 radical (unpaired) electrons. The number of nitrogens with zero attached hydrogens (tertiary/aromatic N) is 1. The Morgan fingerprint density at radius 1 is 0.867 bits per heavy atom. The summed E-state index contributed by atoms with van der Waals surface area (Å²) < 4.78 is 0.808. The largest absolute Gasteiger partial charge is 0.232 e. The molecular weight excluding hydrogens is 250 g/mol. The highest BCUT2D eigenvalue weighted by Crippen LogP contribution is 2.05. The Balaban J connectivity index is 2.26. The van der Waals surface area contributed by atoms with Crippen molar-refractivity contribution in [3.63, 3.8) is 0 Å². The van der Waals surface area contributed by atoms with Gasteiger partial charge in [0, 0.05) is 5.56 Å². The van der Waals surface area contributed by atoms with E-state index in [2.05, 4.69) is 32.8 Å². The molecule has 2 rings (SSSR count). The van der Waals surface area contributed by atoms with E-state index < -0.39 is 0 Å². The SMILES string of the molecule is Brc1cccc(C#Cc2ccccc2)n1. The van der Waals surface area contributed by atoms with E-state index in [0.717, 1.165) is 15.9 Å². The van der Waals surface area contributed by atoms with Crippen molar-refractivity contribution in [3.8, 4) is 11.8 Å². The molecule has 0 aliphatic heterocycles. The van der Waals surface area contributed by atoms with Crippen LogP contribution in [-0.2, 0) is 0 Å². The van der Waals surface area contributed by atoms with Gasteiger partial charge in [-0.2, -0.15) is 0 Å². The molecule has 0 fully saturated rings. The van der Waals surface area contributed by atoms with Crippen LogP contribution in [-0.4, -0.2) is 4.98 Å². The lowest BCUT2D eigenvalue weighted by Gasteiger charge is -1.90. The van der Waals surface area contributed by atoms with E-state index in [1.165, 1.54) is 0 Å². The molecule has 1 aromatic heterocycles. The van der Waals surface area contributed by atoms with E-state index in [1.807, 2.05) is 48.5 Å². The highest BCUT2D eigenvalue weighted by atomic mass is 79.9. The molecule has 1 nitrogen and oxygen atoms in total. The fraction of sp³-hybridized carbons (Fsp3) is 0. The smallest absolute Gasteiger partial charge is 0.114 e. The Kier molecular flexibility index (Phi) is 3.16. The summed E-state index contributed by atoms with van der Waals surface area (Å²) in [5.41, 5.74) is 1.77. The van der Waals surface area contributed by atoms with Crippen LogP contribution < -0.4 is 0 Å². The van der Waals surface area contributed by atoms with Crippen LogP contribution in [0.25, 0.3) is 0 Å². The van der Waals surface area contributed by atoms with Crippen LogP contribution in [0.1, 0.15) is 11.3 Å². The number of pyridine rings is 1. The van der Waals surface area contributed by atoms with Gasteiger partial charge < -0.3 is 0 Å². The number of benzene rings is 1. The van der Waals surface area contributed by atoms with Crippen molar-refractivity contribution < 1.29 is 0 Å². The lowest BCUT2D eigenvalue weighted by molar-refractivity contribution is 1.24. The van der Waals surface area contributed by atoms with Gasteiger partial charge in [0.25, 0.3) is 0 Å². The van der Waals surface area contributed by atoms with Gasteiger partial charge in [0.2, 0.25) is 0 Å². The fourth-order valence-corrected chi connectivity index (χ4v) is 1.48. The summed E-state index contributed by atoms with van der Waals surface area (Å²) in [4.78, 5) is 4.23. The number of aromatic nitrogens is 1. The topological polar surface area (TPSA) is 12.9 Å². The molecule has 0 saturated carbocycles. The molecule has 0 unspecified atom stereocenters. The molecule has 72 valence electrons. The monoisotopic (exact) mass is 257 g/mol. The summed E-state index contributed by atoms with van der Waals surface area (Å²) in [6.07, 6.45) is 0. The summed E-state index contributed by atoms with van der Waals surface area (Å²) in [5.74, 6) is 6.07. The van der Waals surface area contributed by atoms with Crippen molar-refractivity contribution in [2.75, 3.05) is 0 Å². The molecule has 1 aromatic carbocycles. The third kappa shape index (κ3) is 2.93. The predicted molar refractivity (Wildman–Crippen MR) is 64.4 cm³/mol. The van der Waals surface area contributed by atoms with E-state index in [0.29, 0.717) is 0 Å². The number of rotatable bonds is 0. The normalized spacial score (nSPS) is 9.13. The Labute approximate surface area is 97.3 Å². The maximum Gasteiger partial charge on any atom is 0.114 e. The van der Waals surface area contributed by atoms with Gasteiger partial charge in [-0.1, -0.05) is 30.2 Å². The quantitative estimate of drug-likeness (QED) is 0.522. The number of hydrogen-bond acceptors (Lipinski definition) is 1. The van der Waals surface area contributed by atoms with Crippen LogP contribution in [0.2, 0.25) is 0 Å². The summed E-state index contributed by atoms with van der Waals surface area (Å²) in [7, 11) is 0. The Hall–Kier alpha value is -1.59. The second-order valence-electron chi connectivity index (χ2n) is 2.96. The average Bonchev–Trinajstić information content (AvgIpc) is 2.28. The first kappa shape index (κ1) is 9.95. The Morgan fingerprint density at radius 2 is 1.67 bits per heavy atom. The van der Waals surface area contributed by atoms with Crippen molar-refractivity contribution in [1.29, 1.82) is 0 Å². The molecule has 0 atom stereocenters. The second kappa shape index (κ2) is 4.77. The minimum absolute atomic E-state index is 0.772. The Bertz CT molecular complexity index is 509. The van der Waals surface area contributed by atoms with E-state index in [9.17, 15) is 0 Å². The van der Waals surface area contributed by atoms with Gasteiger partial charge >= 0.3 is 0 Å². The van der Waals surface area contributed by atoms with Crippen LogP contribution in [0.4, 0.5) is 0 Å². The molecule has 0 N–H and O–H groups in total. The molecule has 15 heavy (non-hydrogen) atoms. The van der Waals surface area contributed by atoms with Crippen LogP contribution in [0.5, 0.6) is 0 Å². The van der Waals surface area contributed by atoms with E-state index in [1.54, 1.807) is 0 Å². The summed E-state index contributed by atoms with van der Waals surface area (Å²) in [6, 6.07) is 15.6. The minimum atomic E-state index is 0.772. The van der Waals surface area contributed by atoms with E-state index >= 15 is 0 Å². The van der Waals surface area contributed by atoms with Gasteiger partial charge in [-0.15, -0.1) is 0 Å². The van der Waals surface area contributed by atoms with Crippen LogP contribution in [0, 0.1) is 11.8 Å². The first-order valence-corrected chi connectivity index (χ1v) is 5.33. The van der Waals surface area contributed by atoms with Gasteiger partial charge in [-0.3, -0.25) is 0 Å². The second-order valence-corrected chi connectivity index (χ2v) is 3.77. The van der Waals surface area contributed by atoms with Crippen LogP contribution >= 0.6 is 15.9 Å². The molecular formula is C13H8BrN. The zero-order valence-electron chi connectivity index (χ0n) is 7.94. The van der Waals surface area contributed by atoms with Gasteiger partial charge in [-0.05, 0) is 46.1 Å². The summed E-state index contributed by atoms with van der Waals surface area (Å²) >= 11 is 3.31. The maximum absolute atomic E-state index is 4.23. The van der Waals surface area contributed by atoms with Gasteiger partial charge in [0.05, 0.1) is 0 Å². The van der Waals surface area contributed by atoms with Gasteiger partial charge in [0.1, 0.15) is 10.3 Å². The molecule has 1 heterocycles. The highest BCUT2D eigenvalue weighted by Gasteiger charge is 1.89.